The number of rotatable bonds is 6. The Balaban J connectivity index is 2.12. The average Bonchev–Trinajstić information content (AvgIpc) is 2.64. The molecule has 6 nitrogen and oxygen atoms in total. The highest BCUT2D eigenvalue weighted by molar-refractivity contribution is 6.01. The minimum absolute atomic E-state index is 0.0366. The first-order valence-corrected chi connectivity index (χ1v) is 8.90. The number of benzene rings is 2. The molecule has 0 heterocycles. The fourth-order valence-corrected chi connectivity index (χ4v) is 2.57. The summed E-state index contributed by atoms with van der Waals surface area (Å²) < 4.78 is 5.27. The Labute approximate surface area is 164 Å². The molecule has 0 aromatic heterocycles. The van der Waals surface area contributed by atoms with Crippen molar-refractivity contribution in [2.75, 3.05) is 5.32 Å². The summed E-state index contributed by atoms with van der Waals surface area (Å²) >= 11 is 0. The van der Waals surface area contributed by atoms with E-state index in [9.17, 15) is 14.4 Å². The van der Waals surface area contributed by atoms with Crippen LogP contribution in [-0.4, -0.2) is 23.9 Å². The molecule has 2 N–H and O–H groups in total. The molecule has 0 bridgehead atoms. The number of aryl methyl sites for hydroxylation is 2. The van der Waals surface area contributed by atoms with Crippen molar-refractivity contribution in [1.82, 2.24) is 5.32 Å². The maximum absolute atomic E-state index is 12.5. The van der Waals surface area contributed by atoms with Gasteiger partial charge in [-0.2, -0.15) is 0 Å². The van der Waals surface area contributed by atoms with Crippen LogP contribution in [-0.2, 0) is 19.1 Å². The monoisotopic (exact) mass is 380 g/mol. The lowest BCUT2D eigenvalue weighted by Crippen LogP contribution is -2.34. The fourth-order valence-electron chi connectivity index (χ4n) is 2.57. The molecule has 2 amide bonds. The normalized spacial score (nSPS) is 12.1. The van der Waals surface area contributed by atoms with E-state index in [0.29, 0.717) is 5.69 Å². The van der Waals surface area contributed by atoms with E-state index in [1.165, 1.54) is 19.9 Å². The second-order valence-electron chi connectivity index (χ2n) is 6.45. The predicted octanol–water partition coefficient (Wildman–Crippen LogP) is 3.35. The van der Waals surface area contributed by atoms with Crippen molar-refractivity contribution in [2.24, 2.45) is 0 Å². The Bertz CT molecular complexity index is 884. The minimum atomic E-state index is -1.04. The Morgan fingerprint density at radius 3 is 2.14 bits per heavy atom. The fraction of sp³-hybridized carbons (Fsp3) is 0.227. The number of esters is 1. The summed E-state index contributed by atoms with van der Waals surface area (Å²) in [6, 6.07) is 14.7. The molecule has 0 radical (unpaired) electrons. The van der Waals surface area contributed by atoms with Crippen molar-refractivity contribution in [1.29, 1.82) is 0 Å². The van der Waals surface area contributed by atoms with Crippen molar-refractivity contribution >= 4 is 29.5 Å². The summed E-state index contributed by atoms with van der Waals surface area (Å²) in [5.41, 5.74) is 3.20. The van der Waals surface area contributed by atoms with Crippen LogP contribution in [0.3, 0.4) is 0 Å². The van der Waals surface area contributed by atoms with E-state index < -0.39 is 23.9 Å². The predicted molar refractivity (Wildman–Crippen MR) is 108 cm³/mol. The third-order valence-electron chi connectivity index (χ3n) is 4.02. The van der Waals surface area contributed by atoms with Gasteiger partial charge in [0.25, 0.3) is 5.91 Å². The van der Waals surface area contributed by atoms with Crippen LogP contribution in [0.1, 0.15) is 30.5 Å². The van der Waals surface area contributed by atoms with Crippen LogP contribution in [0, 0.1) is 13.8 Å². The second-order valence-corrected chi connectivity index (χ2v) is 6.45. The highest BCUT2D eigenvalue weighted by Crippen LogP contribution is 2.20. The molecule has 28 heavy (non-hydrogen) atoms. The Morgan fingerprint density at radius 2 is 1.57 bits per heavy atom. The molecule has 2 rings (SSSR count). The molecule has 0 aliphatic heterocycles. The lowest BCUT2D eigenvalue weighted by molar-refractivity contribution is -0.149. The quantitative estimate of drug-likeness (QED) is 0.595. The first-order valence-electron chi connectivity index (χ1n) is 8.90. The second kappa shape index (κ2) is 9.50. The van der Waals surface area contributed by atoms with E-state index in [0.717, 1.165) is 16.7 Å². The first-order chi connectivity index (χ1) is 13.3. The summed E-state index contributed by atoms with van der Waals surface area (Å²) in [4.78, 5) is 36.4. The number of ether oxygens (including phenoxy) is 1. The van der Waals surface area contributed by atoms with Crippen LogP contribution in [0.2, 0.25) is 0 Å². The Hall–Kier alpha value is -3.41. The van der Waals surface area contributed by atoms with E-state index in [1.54, 1.807) is 12.1 Å². The van der Waals surface area contributed by atoms with Gasteiger partial charge in [0.15, 0.2) is 6.10 Å². The lowest BCUT2D eigenvalue weighted by atomic mass is 10.1. The van der Waals surface area contributed by atoms with Crippen LogP contribution in [0.5, 0.6) is 0 Å². The molecule has 1 atom stereocenters. The zero-order valence-electron chi connectivity index (χ0n) is 16.4. The number of carbonyl (C=O) groups is 3. The van der Waals surface area contributed by atoms with E-state index in [1.807, 2.05) is 50.2 Å². The van der Waals surface area contributed by atoms with Crippen LogP contribution in [0.25, 0.3) is 6.08 Å². The number of para-hydroxylation sites is 1. The average molecular weight is 380 g/mol. The third kappa shape index (κ3) is 5.81. The van der Waals surface area contributed by atoms with Gasteiger partial charge in [0.1, 0.15) is 5.70 Å². The van der Waals surface area contributed by atoms with E-state index >= 15 is 0 Å². The summed E-state index contributed by atoms with van der Waals surface area (Å²) in [5.74, 6) is -1.65. The molecule has 0 unspecified atom stereocenters. The number of carbonyl (C=O) groups excluding carboxylic acids is 3. The van der Waals surface area contributed by atoms with E-state index in [4.69, 9.17) is 4.74 Å². The Morgan fingerprint density at radius 1 is 0.964 bits per heavy atom. The minimum Gasteiger partial charge on any atom is -0.448 e. The molecule has 6 heteroatoms. The number of hydrogen-bond acceptors (Lipinski definition) is 4. The molecule has 2 aromatic carbocycles. The zero-order valence-corrected chi connectivity index (χ0v) is 16.4. The topological polar surface area (TPSA) is 84.5 Å². The first kappa shape index (κ1) is 20.9. The smallest absolute Gasteiger partial charge is 0.355 e. The maximum atomic E-state index is 12.5. The molecule has 0 saturated carbocycles. The van der Waals surface area contributed by atoms with Crippen molar-refractivity contribution < 1.29 is 19.1 Å². The maximum Gasteiger partial charge on any atom is 0.355 e. The van der Waals surface area contributed by atoms with Gasteiger partial charge in [0, 0.05) is 12.6 Å². The molecule has 0 spiro atoms. The summed E-state index contributed by atoms with van der Waals surface area (Å²) in [7, 11) is 0. The standard InChI is InChI=1S/C22H24N2O4/c1-14-9-8-10-15(2)20(14)24-21(26)16(3)28-22(27)19(23-17(4)25)13-18-11-6-5-7-12-18/h5-13,16H,1-4H3,(H,23,25)(H,24,26)/b19-13-/t16-/m1/s1. The van der Waals surface area contributed by atoms with Crippen LogP contribution < -0.4 is 10.6 Å². The van der Waals surface area contributed by atoms with Crippen LogP contribution in [0.15, 0.2) is 54.2 Å². The molecule has 2 aromatic rings. The van der Waals surface area contributed by atoms with Gasteiger partial charge < -0.3 is 15.4 Å². The van der Waals surface area contributed by atoms with Crippen molar-refractivity contribution in [3.05, 3.63) is 70.9 Å². The van der Waals surface area contributed by atoms with Gasteiger partial charge in [0.05, 0.1) is 0 Å². The number of anilines is 1. The molecule has 0 saturated heterocycles. The molecule has 0 aliphatic carbocycles. The number of hydrogen-bond donors (Lipinski definition) is 2. The van der Waals surface area contributed by atoms with Crippen molar-refractivity contribution in [3.63, 3.8) is 0 Å². The highest BCUT2D eigenvalue weighted by Gasteiger charge is 2.22. The largest absolute Gasteiger partial charge is 0.448 e. The van der Waals surface area contributed by atoms with Crippen LogP contribution >= 0.6 is 0 Å². The summed E-state index contributed by atoms with van der Waals surface area (Å²) in [6.07, 6.45) is 0.458. The molecular weight excluding hydrogens is 356 g/mol. The summed E-state index contributed by atoms with van der Waals surface area (Å²) in [5, 5.41) is 5.25. The Kier molecular flexibility index (Phi) is 7.09. The number of amides is 2. The van der Waals surface area contributed by atoms with Gasteiger partial charge in [-0.15, -0.1) is 0 Å². The molecule has 0 aliphatic rings. The zero-order chi connectivity index (χ0) is 20.7. The molecular formula is C22H24N2O4. The summed E-state index contributed by atoms with van der Waals surface area (Å²) in [6.45, 7) is 6.55. The third-order valence-corrected chi connectivity index (χ3v) is 4.02. The van der Waals surface area contributed by atoms with Crippen LogP contribution in [0.4, 0.5) is 5.69 Å². The van der Waals surface area contributed by atoms with Crippen molar-refractivity contribution in [2.45, 2.75) is 33.8 Å². The van der Waals surface area contributed by atoms with Gasteiger partial charge >= 0.3 is 5.97 Å². The van der Waals surface area contributed by atoms with Gasteiger partial charge in [-0.25, -0.2) is 4.79 Å². The lowest BCUT2D eigenvalue weighted by Gasteiger charge is -2.17. The molecule has 0 fully saturated rings. The van der Waals surface area contributed by atoms with Gasteiger partial charge in [-0.05, 0) is 43.5 Å². The SMILES string of the molecule is CC(=O)N/C(=C\c1ccccc1)C(=O)O[C@H](C)C(=O)Nc1c(C)cccc1C. The van der Waals surface area contributed by atoms with E-state index in [-0.39, 0.29) is 5.70 Å². The highest BCUT2D eigenvalue weighted by atomic mass is 16.5. The molecule has 146 valence electrons. The van der Waals surface area contributed by atoms with Gasteiger partial charge in [-0.3, -0.25) is 9.59 Å². The van der Waals surface area contributed by atoms with Crippen molar-refractivity contribution in [3.8, 4) is 0 Å². The van der Waals surface area contributed by atoms with Gasteiger partial charge in [-0.1, -0.05) is 48.5 Å². The van der Waals surface area contributed by atoms with E-state index in [2.05, 4.69) is 10.6 Å². The van der Waals surface area contributed by atoms with Gasteiger partial charge in [0.2, 0.25) is 5.91 Å². The number of nitrogens with one attached hydrogen (secondary N) is 2.